The molecule has 0 radical (unpaired) electrons. The Bertz CT molecular complexity index is 250. The molecule has 0 aromatic heterocycles. The normalized spacial score (nSPS) is 26.5. The second kappa shape index (κ2) is 2.99. The van der Waals surface area contributed by atoms with E-state index >= 15 is 0 Å². The van der Waals surface area contributed by atoms with Gasteiger partial charge in [-0.15, -0.1) is 0 Å². The Balaban J connectivity index is 2.72. The molecule has 5 nitrogen and oxygen atoms in total. The van der Waals surface area contributed by atoms with E-state index in [1.54, 1.807) is 13.8 Å². The van der Waals surface area contributed by atoms with E-state index in [9.17, 15) is 14.7 Å². The number of nitrogens with zero attached hydrogens (tertiary/aromatic N) is 1. The first-order chi connectivity index (χ1) is 5.84. The molecule has 1 unspecified atom stereocenters. The number of primary amides is 1. The molecular formula is C8H14N2O3. The number of hydrogen-bond acceptors (Lipinski definition) is 3. The highest BCUT2D eigenvalue weighted by Gasteiger charge is 2.45. The lowest BCUT2D eigenvalue weighted by molar-refractivity contribution is -0.138. The van der Waals surface area contributed by atoms with Crippen molar-refractivity contribution in [1.29, 1.82) is 0 Å². The monoisotopic (exact) mass is 186 g/mol. The van der Waals surface area contributed by atoms with Gasteiger partial charge in [0.25, 0.3) is 5.91 Å². The molecular weight excluding hydrogens is 172 g/mol. The second-order valence-electron chi connectivity index (χ2n) is 4.05. The smallest absolute Gasteiger partial charge is 0.252 e. The van der Waals surface area contributed by atoms with Gasteiger partial charge < -0.3 is 15.7 Å². The number of likely N-dealkylation sites (tertiary alicyclic amines) is 1. The van der Waals surface area contributed by atoms with Gasteiger partial charge in [-0.25, -0.2) is 0 Å². The summed E-state index contributed by atoms with van der Waals surface area (Å²) in [5.74, 6) is -0.970. The molecule has 0 spiro atoms. The zero-order chi connectivity index (χ0) is 10.2. The van der Waals surface area contributed by atoms with Crippen molar-refractivity contribution in [2.24, 2.45) is 11.1 Å². The Morgan fingerprint density at radius 1 is 1.77 bits per heavy atom. The summed E-state index contributed by atoms with van der Waals surface area (Å²) in [6.07, 6.45) is -1.02. The Morgan fingerprint density at radius 2 is 2.31 bits per heavy atom. The molecule has 0 aliphatic carbocycles. The molecule has 0 saturated carbocycles. The fraction of sp³-hybridized carbons (Fsp3) is 0.750. The summed E-state index contributed by atoms with van der Waals surface area (Å²) < 4.78 is 0. The summed E-state index contributed by atoms with van der Waals surface area (Å²) in [5, 5.41) is 9.47. The van der Waals surface area contributed by atoms with Crippen molar-refractivity contribution in [1.82, 2.24) is 4.90 Å². The topological polar surface area (TPSA) is 83.6 Å². The van der Waals surface area contributed by atoms with E-state index in [1.165, 1.54) is 4.90 Å². The number of hydrogen-bond donors (Lipinski definition) is 2. The highest BCUT2D eigenvalue weighted by Crippen LogP contribution is 2.29. The number of carbonyl (C=O) groups is 2. The minimum Gasteiger partial charge on any atom is -0.383 e. The predicted molar refractivity (Wildman–Crippen MR) is 45.6 cm³/mol. The molecule has 2 amide bonds. The molecule has 1 aliphatic rings. The Kier molecular flexibility index (Phi) is 2.30. The van der Waals surface area contributed by atoms with Gasteiger partial charge in [0, 0.05) is 12.0 Å². The van der Waals surface area contributed by atoms with Crippen molar-refractivity contribution in [2.45, 2.75) is 20.0 Å². The molecule has 1 rings (SSSR count). The molecule has 1 saturated heterocycles. The second-order valence-corrected chi connectivity index (χ2v) is 4.05. The molecule has 0 aromatic rings. The lowest BCUT2D eigenvalue weighted by Gasteiger charge is -2.19. The standard InChI is InChI=1S/C8H14N2O3/c1-8(2)4-10(3-5(9)11)7(13)6(8)12/h6,12H,3-4H2,1-2H3,(H2,9,11). The molecule has 0 aromatic carbocycles. The maximum Gasteiger partial charge on any atom is 0.252 e. The summed E-state index contributed by atoms with van der Waals surface area (Å²) in [6, 6.07) is 0. The van der Waals surface area contributed by atoms with Crippen LogP contribution in [0.5, 0.6) is 0 Å². The first-order valence-electron chi connectivity index (χ1n) is 4.10. The summed E-state index contributed by atoms with van der Waals surface area (Å²) in [7, 11) is 0. The van der Waals surface area contributed by atoms with Gasteiger partial charge in [-0.1, -0.05) is 13.8 Å². The molecule has 1 atom stereocenters. The van der Waals surface area contributed by atoms with Gasteiger partial charge in [-0.2, -0.15) is 0 Å². The number of aliphatic hydroxyl groups is 1. The maximum atomic E-state index is 11.3. The van der Waals surface area contributed by atoms with Crippen molar-refractivity contribution in [2.75, 3.05) is 13.1 Å². The molecule has 1 fully saturated rings. The SMILES string of the molecule is CC1(C)CN(CC(N)=O)C(=O)C1O. The fourth-order valence-electron chi connectivity index (χ4n) is 1.49. The van der Waals surface area contributed by atoms with Crippen molar-refractivity contribution < 1.29 is 14.7 Å². The number of aliphatic hydroxyl groups excluding tert-OH is 1. The molecule has 1 heterocycles. The van der Waals surface area contributed by atoms with E-state index in [2.05, 4.69) is 0 Å². The van der Waals surface area contributed by atoms with E-state index in [4.69, 9.17) is 5.73 Å². The van der Waals surface area contributed by atoms with Crippen LogP contribution in [-0.4, -0.2) is 41.0 Å². The number of nitrogens with two attached hydrogens (primary N) is 1. The minimum absolute atomic E-state index is 0.112. The van der Waals surface area contributed by atoms with Gasteiger partial charge in [0.1, 0.15) is 6.10 Å². The highest BCUT2D eigenvalue weighted by atomic mass is 16.3. The van der Waals surface area contributed by atoms with Gasteiger partial charge in [0.15, 0.2) is 0 Å². The first kappa shape index (κ1) is 9.98. The van der Waals surface area contributed by atoms with Crippen LogP contribution in [0.15, 0.2) is 0 Å². The zero-order valence-corrected chi connectivity index (χ0v) is 7.78. The lowest BCUT2D eigenvalue weighted by atomic mass is 9.90. The van der Waals surface area contributed by atoms with Gasteiger partial charge in [-0.05, 0) is 0 Å². The Hall–Kier alpha value is -1.10. The number of rotatable bonds is 2. The van der Waals surface area contributed by atoms with Gasteiger partial charge >= 0.3 is 0 Å². The summed E-state index contributed by atoms with van der Waals surface area (Å²) in [5.41, 5.74) is 4.46. The van der Waals surface area contributed by atoms with Crippen LogP contribution < -0.4 is 5.73 Å². The van der Waals surface area contributed by atoms with Gasteiger partial charge in [0.2, 0.25) is 5.91 Å². The third-order valence-corrected chi connectivity index (χ3v) is 2.23. The molecule has 74 valence electrons. The zero-order valence-electron chi connectivity index (χ0n) is 7.78. The van der Waals surface area contributed by atoms with Crippen LogP contribution in [0.25, 0.3) is 0 Å². The van der Waals surface area contributed by atoms with E-state index < -0.39 is 23.3 Å². The molecule has 13 heavy (non-hydrogen) atoms. The van der Waals surface area contributed by atoms with Crippen LogP contribution in [0.2, 0.25) is 0 Å². The van der Waals surface area contributed by atoms with Crippen LogP contribution in [0.1, 0.15) is 13.8 Å². The summed E-state index contributed by atoms with van der Waals surface area (Å²) in [4.78, 5) is 23.2. The quantitative estimate of drug-likeness (QED) is 0.562. The maximum absolute atomic E-state index is 11.3. The van der Waals surface area contributed by atoms with E-state index in [0.29, 0.717) is 6.54 Å². The highest BCUT2D eigenvalue weighted by molar-refractivity contribution is 5.88. The van der Waals surface area contributed by atoms with Gasteiger partial charge in [-0.3, -0.25) is 9.59 Å². The average molecular weight is 186 g/mol. The van der Waals surface area contributed by atoms with Crippen molar-refractivity contribution in [3.8, 4) is 0 Å². The molecule has 0 bridgehead atoms. The summed E-state index contributed by atoms with van der Waals surface area (Å²) >= 11 is 0. The lowest BCUT2D eigenvalue weighted by Crippen LogP contribution is -2.36. The molecule has 1 aliphatic heterocycles. The van der Waals surface area contributed by atoms with Crippen LogP contribution in [0.4, 0.5) is 0 Å². The van der Waals surface area contributed by atoms with Crippen LogP contribution in [0, 0.1) is 5.41 Å². The molecule has 3 N–H and O–H groups in total. The fourth-order valence-corrected chi connectivity index (χ4v) is 1.49. The van der Waals surface area contributed by atoms with Crippen molar-refractivity contribution in [3.05, 3.63) is 0 Å². The van der Waals surface area contributed by atoms with E-state index in [1.807, 2.05) is 0 Å². The predicted octanol–water partition coefficient (Wildman–Crippen LogP) is -1.30. The van der Waals surface area contributed by atoms with E-state index in [-0.39, 0.29) is 6.54 Å². The third-order valence-electron chi connectivity index (χ3n) is 2.23. The number of amides is 2. The van der Waals surface area contributed by atoms with Gasteiger partial charge in [0.05, 0.1) is 6.54 Å². The van der Waals surface area contributed by atoms with Crippen molar-refractivity contribution >= 4 is 11.8 Å². The first-order valence-corrected chi connectivity index (χ1v) is 4.10. The van der Waals surface area contributed by atoms with Crippen molar-refractivity contribution in [3.63, 3.8) is 0 Å². The number of carbonyl (C=O) groups excluding carboxylic acids is 2. The van der Waals surface area contributed by atoms with Crippen LogP contribution in [0.3, 0.4) is 0 Å². The van der Waals surface area contributed by atoms with E-state index in [0.717, 1.165) is 0 Å². The third kappa shape index (κ3) is 1.80. The summed E-state index contributed by atoms with van der Waals surface area (Å²) in [6.45, 7) is 3.81. The Morgan fingerprint density at radius 3 is 2.62 bits per heavy atom. The Labute approximate surface area is 76.5 Å². The average Bonchev–Trinajstić information content (AvgIpc) is 2.13. The molecule has 5 heteroatoms. The van der Waals surface area contributed by atoms with Crippen LogP contribution in [-0.2, 0) is 9.59 Å². The van der Waals surface area contributed by atoms with Crippen LogP contribution >= 0.6 is 0 Å². The largest absolute Gasteiger partial charge is 0.383 e. The minimum atomic E-state index is -1.02.